The van der Waals surface area contributed by atoms with Crippen LogP contribution in [0.3, 0.4) is 0 Å². The molecular formula is C19H38N2. The molecule has 21 heavy (non-hydrogen) atoms. The summed E-state index contributed by atoms with van der Waals surface area (Å²) >= 11 is 0. The highest BCUT2D eigenvalue weighted by atomic mass is 15.2. The molecule has 0 amide bonds. The molecule has 2 heteroatoms. The number of nitrogens with one attached hydrogen (secondary N) is 1. The van der Waals surface area contributed by atoms with Gasteiger partial charge in [-0.25, -0.2) is 0 Å². The molecule has 124 valence electrons. The van der Waals surface area contributed by atoms with Crippen LogP contribution in [-0.2, 0) is 0 Å². The highest BCUT2D eigenvalue weighted by Gasteiger charge is 2.37. The van der Waals surface area contributed by atoms with Crippen molar-refractivity contribution in [3.8, 4) is 0 Å². The molecule has 0 spiro atoms. The number of likely N-dealkylation sites (tertiary alicyclic amines) is 1. The summed E-state index contributed by atoms with van der Waals surface area (Å²) < 4.78 is 0. The highest BCUT2D eigenvalue weighted by Crippen LogP contribution is 2.40. The smallest absolute Gasteiger partial charge is 0.0119 e. The van der Waals surface area contributed by atoms with Crippen molar-refractivity contribution in [3.05, 3.63) is 0 Å². The number of hydrogen-bond acceptors (Lipinski definition) is 2. The van der Waals surface area contributed by atoms with Gasteiger partial charge in [0.2, 0.25) is 0 Å². The van der Waals surface area contributed by atoms with Crippen LogP contribution < -0.4 is 5.32 Å². The van der Waals surface area contributed by atoms with Crippen LogP contribution in [0, 0.1) is 17.3 Å². The summed E-state index contributed by atoms with van der Waals surface area (Å²) in [5.74, 6) is 1.66. The summed E-state index contributed by atoms with van der Waals surface area (Å²) in [6.07, 6.45) is 8.24. The average Bonchev–Trinajstić information content (AvgIpc) is 2.85. The lowest BCUT2D eigenvalue weighted by Gasteiger charge is -2.44. The van der Waals surface area contributed by atoms with E-state index in [2.05, 4.69) is 44.8 Å². The molecule has 0 aromatic carbocycles. The predicted molar refractivity (Wildman–Crippen MR) is 92.6 cm³/mol. The molecule has 1 saturated heterocycles. The van der Waals surface area contributed by atoms with Gasteiger partial charge in [0.1, 0.15) is 0 Å². The molecule has 2 rings (SSSR count). The Morgan fingerprint density at radius 2 is 2.00 bits per heavy atom. The van der Waals surface area contributed by atoms with Gasteiger partial charge in [0.25, 0.3) is 0 Å². The van der Waals surface area contributed by atoms with E-state index in [-0.39, 0.29) is 0 Å². The largest absolute Gasteiger partial charge is 0.314 e. The Balaban J connectivity index is 1.98. The summed E-state index contributed by atoms with van der Waals surface area (Å²) in [6.45, 7) is 15.9. The standard InChI is InChI=1S/C19H38N2/c1-6-11-20-17-9-10-19(4,5)13-16(17)14-21-12-7-8-18(21)15(2)3/h15-18,20H,6-14H2,1-5H3. The first-order chi connectivity index (χ1) is 9.93. The lowest BCUT2D eigenvalue weighted by Crippen LogP contribution is -2.49. The van der Waals surface area contributed by atoms with Gasteiger partial charge in [-0.2, -0.15) is 0 Å². The lowest BCUT2D eigenvalue weighted by atomic mass is 9.69. The summed E-state index contributed by atoms with van der Waals surface area (Å²) in [4.78, 5) is 2.82. The second-order valence-corrected chi connectivity index (χ2v) is 8.68. The van der Waals surface area contributed by atoms with Crippen molar-refractivity contribution in [3.63, 3.8) is 0 Å². The molecule has 2 aliphatic rings. The van der Waals surface area contributed by atoms with Crippen LogP contribution in [0.4, 0.5) is 0 Å². The summed E-state index contributed by atoms with van der Waals surface area (Å²) in [7, 11) is 0. The van der Waals surface area contributed by atoms with Crippen molar-refractivity contribution < 1.29 is 0 Å². The van der Waals surface area contributed by atoms with Crippen molar-refractivity contribution in [2.45, 2.75) is 85.2 Å². The van der Waals surface area contributed by atoms with Crippen LogP contribution in [0.5, 0.6) is 0 Å². The van der Waals surface area contributed by atoms with Crippen LogP contribution in [-0.4, -0.2) is 36.6 Å². The van der Waals surface area contributed by atoms with Gasteiger partial charge in [-0.1, -0.05) is 34.6 Å². The molecule has 2 nitrogen and oxygen atoms in total. The first kappa shape index (κ1) is 17.3. The van der Waals surface area contributed by atoms with Crippen molar-refractivity contribution in [2.24, 2.45) is 17.3 Å². The molecule has 3 unspecified atom stereocenters. The summed E-state index contributed by atoms with van der Waals surface area (Å²) in [5, 5.41) is 3.85. The first-order valence-corrected chi connectivity index (χ1v) is 9.40. The highest BCUT2D eigenvalue weighted by molar-refractivity contribution is 4.92. The van der Waals surface area contributed by atoms with Crippen molar-refractivity contribution in [1.82, 2.24) is 10.2 Å². The number of hydrogen-bond donors (Lipinski definition) is 1. The molecule has 2 fully saturated rings. The zero-order chi connectivity index (χ0) is 15.5. The SMILES string of the molecule is CCCNC1CCC(C)(C)CC1CN1CCCC1C(C)C. The topological polar surface area (TPSA) is 15.3 Å². The Morgan fingerprint density at radius 3 is 2.67 bits per heavy atom. The third-order valence-electron chi connectivity index (χ3n) is 5.83. The molecule has 0 bridgehead atoms. The van der Waals surface area contributed by atoms with Crippen LogP contribution in [0.25, 0.3) is 0 Å². The fraction of sp³-hybridized carbons (Fsp3) is 1.00. The van der Waals surface area contributed by atoms with E-state index in [1.54, 1.807) is 0 Å². The molecular weight excluding hydrogens is 256 g/mol. The zero-order valence-electron chi connectivity index (χ0n) is 15.1. The fourth-order valence-corrected chi connectivity index (χ4v) is 4.66. The molecule has 1 aliphatic heterocycles. The van der Waals surface area contributed by atoms with E-state index in [4.69, 9.17) is 0 Å². The molecule has 0 aromatic heterocycles. The van der Waals surface area contributed by atoms with Gasteiger partial charge in [0.05, 0.1) is 0 Å². The van der Waals surface area contributed by atoms with Crippen LogP contribution in [0.15, 0.2) is 0 Å². The fourth-order valence-electron chi connectivity index (χ4n) is 4.66. The quantitative estimate of drug-likeness (QED) is 0.785. The van der Waals surface area contributed by atoms with E-state index in [1.165, 1.54) is 58.2 Å². The number of rotatable bonds is 6. The molecule has 1 heterocycles. The molecule has 1 N–H and O–H groups in total. The predicted octanol–water partition coefficient (Wildman–Crippen LogP) is 4.30. The van der Waals surface area contributed by atoms with Crippen LogP contribution in [0.2, 0.25) is 0 Å². The maximum absolute atomic E-state index is 3.85. The van der Waals surface area contributed by atoms with Crippen molar-refractivity contribution in [2.75, 3.05) is 19.6 Å². The molecule has 1 saturated carbocycles. The van der Waals surface area contributed by atoms with Crippen molar-refractivity contribution in [1.29, 1.82) is 0 Å². The first-order valence-electron chi connectivity index (χ1n) is 9.40. The zero-order valence-corrected chi connectivity index (χ0v) is 15.1. The van der Waals surface area contributed by atoms with Gasteiger partial charge in [-0.15, -0.1) is 0 Å². The van der Waals surface area contributed by atoms with Gasteiger partial charge >= 0.3 is 0 Å². The maximum Gasteiger partial charge on any atom is 0.0119 e. The molecule has 1 aliphatic carbocycles. The van der Waals surface area contributed by atoms with Gasteiger partial charge < -0.3 is 5.32 Å². The average molecular weight is 295 g/mol. The van der Waals surface area contributed by atoms with E-state index in [0.29, 0.717) is 5.41 Å². The maximum atomic E-state index is 3.85. The minimum Gasteiger partial charge on any atom is -0.314 e. The van der Waals surface area contributed by atoms with E-state index in [0.717, 1.165) is 23.9 Å². The molecule has 3 atom stereocenters. The van der Waals surface area contributed by atoms with Gasteiger partial charge in [-0.3, -0.25) is 4.90 Å². The van der Waals surface area contributed by atoms with Crippen LogP contribution >= 0.6 is 0 Å². The normalized spacial score (nSPS) is 33.7. The molecule has 0 radical (unpaired) electrons. The van der Waals surface area contributed by atoms with Gasteiger partial charge in [0, 0.05) is 18.6 Å². The van der Waals surface area contributed by atoms with Crippen molar-refractivity contribution >= 4 is 0 Å². The Labute approximate surface area is 133 Å². The Bertz CT molecular complexity index is 311. The number of nitrogens with zero attached hydrogens (tertiary/aromatic N) is 1. The monoisotopic (exact) mass is 294 g/mol. The Morgan fingerprint density at radius 1 is 1.24 bits per heavy atom. The van der Waals surface area contributed by atoms with E-state index >= 15 is 0 Å². The van der Waals surface area contributed by atoms with E-state index in [1.807, 2.05) is 0 Å². The Kier molecular flexibility index (Phi) is 6.14. The van der Waals surface area contributed by atoms with Gasteiger partial charge in [0.15, 0.2) is 0 Å². The lowest BCUT2D eigenvalue weighted by molar-refractivity contribution is 0.0865. The minimum atomic E-state index is 0.544. The second-order valence-electron chi connectivity index (χ2n) is 8.68. The van der Waals surface area contributed by atoms with Crippen LogP contribution in [0.1, 0.15) is 73.1 Å². The van der Waals surface area contributed by atoms with E-state index < -0.39 is 0 Å². The third-order valence-corrected chi connectivity index (χ3v) is 5.83. The minimum absolute atomic E-state index is 0.544. The van der Waals surface area contributed by atoms with E-state index in [9.17, 15) is 0 Å². The summed E-state index contributed by atoms with van der Waals surface area (Å²) in [6, 6.07) is 1.59. The third kappa shape index (κ3) is 4.69. The van der Waals surface area contributed by atoms with Gasteiger partial charge in [-0.05, 0) is 68.9 Å². The Hall–Kier alpha value is -0.0800. The second kappa shape index (κ2) is 7.46. The molecule has 0 aromatic rings. The summed E-state index contributed by atoms with van der Waals surface area (Å²) in [5.41, 5.74) is 0.544.